The first-order chi connectivity index (χ1) is 18.0. The van der Waals surface area contributed by atoms with E-state index in [1.54, 1.807) is 12.3 Å². The summed E-state index contributed by atoms with van der Waals surface area (Å²) in [6.45, 7) is 3.44. The highest BCUT2D eigenvalue weighted by atomic mass is 19.2. The quantitative estimate of drug-likeness (QED) is 0.323. The second kappa shape index (κ2) is 9.56. The van der Waals surface area contributed by atoms with Crippen molar-refractivity contribution in [2.45, 2.75) is 57.3 Å². The van der Waals surface area contributed by atoms with Gasteiger partial charge in [0.25, 0.3) is 0 Å². The smallest absolute Gasteiger partial charge is 0.308 e. The zero-order valence-corrected chi connectivity index (χ0v) is 21.2. The molecule has 6 rings (SSSR count). The van der Waals surface area contributed by atoms with E-state index < -0.39 is 11.6 Å². The number of aryl methyl sites for hydroxylation is 1. The molecule has 1 saturated heterocycles. The molecule has 0 bridgehead atoms. The van der Waals surface area contributed by atoms with E-state index in [4.69, 9.17) is 9.47 Å². The molecule has 0 radical (unpaired) electrons. The van der Waals surface area contributed by atoms with Crippen LogP contribution >= 0.6 is 0 Å². The van der Waals surface area contributed by atoms with E-state index in [1.165, 1.54) is 24.8 Å². The van der Waals surface area contributed by atoms with Gasteiger partial charge in [-0.25, -0.2) is 8.78 Å². The maximum absolute atomic E-state index is 14.6. The number of fused-ring (bicyclic) bond motifs is 2. The molecular formula is C29H31F2N3O3. The Kier molecular flexibility index (Phi) is 6.23. The van der Waals surface area contributed by atoms with E-state index in [0.717, 1.165) is 71.6 Å². The van der Waals surface area contributed by atoms with Gasteiger partial charge in [-0.05, 0) is 80.7 Å². The number of halogens is 2. The van der Waals surface area contributed by atoms with Crippen LogP contribution in [0.5, 0.6) is 0 Å². The van der Waals surface area contributed by atoms with Gasteiger partial charge >= 0.3 is 5.97 Å². The Labute approximate surface area is 213 Å². The van der Waals surface area contributed by atoms with E-state index in [0.29, 0.717) is 18.9 Å². The third kappa shape index (κ3) is 4.02. The molecule has 1 N–H and O–H groups in total. The van der Waals surface area contributed by atoms with Crippen molar-refractivity contribution >= 4 is 27.8 Å². The molecular weight excluding hydrogens is 476 g/mol. The lowest BCUT2D eigenvalue weighted by Gasteiger charge is -2.31. The fraction of sp³-hybridized carbons (Fsp3) is 0.448. The fourth-order valence-electron chi connectivity index (χ4n) is 6.61. The highest BCUT2D eigenvalue weighted by molar-refractivity contribution is 6.02. The summed E-state index contributed by atoms with van der Waals surface area (Å²) >= 11 is 0. The van der Waals surface area contributed by atoms with Gasteiger partial charge in [-0.3, -0.25) is 9.89 Å². The molecule has 0 atom stereocenters. The summed E-state index contributed by atoms with van der Waals surface area (Å²) in [7, 11) is 1.45. The Morgan fingerprint density at radius 2 is 1.81 bits per heavy atom. The number of benzene rings is 2. The minimum absolute atomic E-state index is 0.0762. The molecule has 1 aliphatic carbocycles. The summed E-state index contributed by atoms with van der Waals surface area (Å²) in [5.41, 5.74) is 6.10. The van der Waals surface area contributed by atoms with E-state index in [2.05, 4.69) is 27.8 Å². The third-order valence-corrected chi connectivity index (χ3v) is 8.43. The van der Waals surface area contributed by atoms with Crippen LogP contribution in [0, 0.1) is 24.5 Å². The largest absolute Gasteiger partial charge is 0.469 e. The lowest BCUT2D eigenvalue weighted by molar-refractivity contribution is -0.146. The molecule has 2 fully saturated rings. The number of aromatic amines is 1. The van der Waals surface area contributed by atoms with Gasteiger partial charge in [0.2, 0.25) is 0 Å². The average molecular weight is 508 g/mol. The van der Waals surface area contributed by atoms with Gasteiger partial charge in [-0.1, -0.05) is 0 Å². The van der Waals surface area contributed by atoms with Crippen molar-refractivity contribution in [3.63, 3.8) is 0 Å². The normalized spacial score (nSPS) is 21.1. The number of carbonyl (C=O) groups excluding carboxylic acids is 1. The van der Waals surface area contributed by atoms with E-state index in [-0.39, 0.29) is 23.7 Å². The number of carbonyl (C=O) groups is 1. The minimum Gasteiger partial charge on any atom is -0.469 e. The monoisotopic (exact) mass is 507 g/mol. The van der Waals surface area contributed by atoms with Crippen molar-refractivity contribution in [1.82, 2.24) is 14.8 Å². The first-order valence-electron chi connectivity index (χ1n) is 13.1. The zero-order valence-electron chi connectivity index (χ0n) is 21.2. The lowest BCUT2D eigenvalue weighted by atomic mass is 9.75. The molecule has 1 aliphatic heterocycles. The van der Waals surface area contributed by atoms with Crippen LogP contribution in [0.15, 0.2) is 30.5 Å². The molecule has 2 aliphatic rings. The van der Waals surface area contributed by atoms with Crippen molar-refractivity contribution in [3.8, 4) is 5.69 Å². The Bertz CT molecular complexity index is 1480. The molecule has 0 amide bonds. The predicted molar refractivity (Wildman–Crippen MR) is 137 cm³/mol. The van der Waals surface area contributed by atoms with Gasteiger partial charge in [0.05, 0.1) is 30.3 Å². The molecule has 2 aromatic carbocycles. The number of aromatic nitrogens is 3. The van der Waals surface area contributed by atoms with Crippen LogP contribution in [0.4, 0.5) is 8.78 Å². The van der Waals surface area contributed by atoms with Crippen molar-refractivity contribution < 1.29 is 23.0 Å². The topological polar surface area (TPSA) is 69.1 Å². The van der Waals surface area contributed by atoms with Gasteiger partial charge in [0.1, 0.15) is 0 Å². The predicted octanol–water partition coefficient (Wildman–Crippen LogP) is 6.43. The molecule has 4 aromatic rings. The summed E-state index contributed by atoms with van der Waals surface area (Å²) in [5, 5.41) is 9.55. The first kappa shape index (κ1) is 24.1. The molecule has 8 heteroatoms. The summed E-state index contributed by atoms with van der Waals surface area (Å²) in [5.74, 6) is -1.47. The molecule has 2 aromatic heterocycles. The maximum atomic E-state index is 14.6. The van der Waals surface area contributed by atoms with Gasteiger partial charge in [-0.2, -0.15) is 5.10 Å². The van der Waals surface area contributed by atoms with Crippen LogP contribution in [0.1, 0.15) is 67.2 Å². The van der Waals surface area contributed by atoms with Crippen molar-refractivity contribution in [2.24, 2.45) is 5.92 Å². The number of methoxy groups -OCH3 is 1. The summed E-state index contributed by atoms with van der Waals surface area (Å²) < 4.78 is 41.4. The fourth-order valence-corrected chi connectivity index (χ4v) is 6.61. The highest BCUT2D eigenvalue weighted by Crippen LogP contribution is 2.48. The summed E-state index contributed by atoms with van der Waals surface area (Å²) in [6.07, 6.45) is 6.81. The number of nitrogens with one attached hydrogen (secondary N) is 1. The first-order valence-corrected chi connectivity index (χ1v) is 13.1. The number of rotatable bonds is 4. The summed E-state index contributed by atoms with van der Waals surface area (Å²) in [4.78, 5) is 12.2. The van der Waals surface area contributed by atoms with Crippen LogP contribution in [0.2, 0.25) is 0 Å². The van der Waals surface area contributed by atoms with Crippen LogP contribution in [-0.4, -0.2) is 41.1 Å². The zero-order chi connectivity index (χ0) is 25.7. The van der Waals surface area contributed by atoms with E-state index in [1.807, 2.05) is 0 Å². The number of hydrogen-bond donors (Lipinski definition) is 1. The minimum atomic E-state index is -0.862. The number of ether oxygens (including phenoxy) is 2. The van der Waals surface area contributed by atoms with E-state index >= 15 is 0 Å². The summed E-state index contributed by atoms with van der Waals surface area (Å²) in [6, 6.07) is 6.27. The molecule has 0 unspecified atom stereocenters. The molecule has 1 saturated carbocycles. The Balaban J connectivity index is 1.62. The van der Waals surface area contributed by atoms with Crippen molar-refractivity contribution in [1.29, 1.82) is 0 Å². The number of esters is 1. The van der Waals surface area contributed by atoms with E-state index in [9.17, 15) is 13.6 Å². The average Bonchev–Trinajstić information content (AvgIpc) is 3.54. The highest BCUT2D eigenvalue weighted by Gasteiger charge is 2.35. The van der Waals surface area contributed by atoms with Crippen LogP contribution in [-0.2, 0) is 14.3 Å². The molecule has 37 heavy (non-hydrogen) atoms. The standard InChI is InChI=1S/C29H31F2N3O3/c1-16-25-24(13-20-15-32-33-27(16)20)34(21-7-8-22(30)23(31)14-21)28(18-9-11-37-12-10-18)26(25)17-3-5-19(6-4-17)29(35)36-2/h7-8,13-15,17-19H,3-6,9-12H2,1-2H3,(H,32,33). The molecule has 194 valence electrons. The second-order valence-electron chi connectivity index (χ2n) is 10.4. The Hall–Kier alpha value is -3.26. The Morgan fingerprint density at radius 1 is 1.05 bits per heavy atom. The Morgan fingerprint density at radius 3 is 2.51 bits per heavy atom. The number of H-pyrrole nitrogens is 1. The van der Waals surface area contributed by atoms with Crippen molar-refractivity contribution in [3.05, 3.63) is 58.9 Å². The number of hydrogen-bond acceptors (Lipinski definition) is 4. The molecule has 0 spiro atoms. The van der Waals surface area contributed by atoms with Crippen LogP contribution < -0.4 is 0 Å². The maximum Gasteiger partial charge on any atom is 0.308 e. The van der Waals surface area contributed by atoms with Gasteiger partial charge in [0, 0.05) is 47.4 Å². The molecule has 6 nitrogen and oxygen atoms in total. The van der Waals surface area contributed by atoms with Crippen molar-refractivity contribution in [2.75, 3.05) is 20.3 Å². The van der Waals surface area contributed by atoms with Gasteiger partial charge in [-0.15, -0.1) is 0 Å². The van der Waals surface area contributed by atoms with Gasteiger partial charge < -0.3 is 14.0 Å². The van der Waals surface area contributed by atoms with Crippen LogP contribution in [0.25, 0.3) is 27.5 Å². The lowest BCUT2D eigenvalue weighted by Crippen LogP contribution is -2.24. The molecule has 3 heterocycles. The van der Waals surface area contributed by atoms with Crippen LogP contribution in [0.3, 0.4) is 0 Å². The third-order valence-electron chi connectivity index (χ3n) is 8.43. The van der Waals surface area contributed by atoms with Gasteiger partial charge in [0.15, 0.2) is 11.6 Å². The second-order valence-corrected chi connectivity index (χ2v) is 10.4. The number of nitrogens with zero attached hydrogens (tertiary/aromatic N) is 2. The SMILES string of the molecule is COC(=O)C1CCC(c2c(C3CCOCC3)n(-c3ccc(F)c(F)c3)c3cc4cn[nH]c4c(C)c23)CC1.